The number of carboxylic acid groups (broad SMARTS) is 2. The van der Waals surface area contributed by atoms with Gasteiger partial charge in [0.05, 0.1) is 0 Å². The van der Waals surface area contributed by atoms with Crippen LogP contribution in [0.3, 0.4) is 0 Å². The molecule has 0 saturated carbocycles. The van der Waals surface area contributed by atoms with Crippen LogP contribution in [0.2, 0.25) is 0 Å². The van der Waals surface area contributed by atoms with Crippen LogP contribution in [0.5, 0.6) is 0 Å². The molecule has 0 aliphatic carbocycles. The number of aliphatic hydroxyl groups is 1. The quantitative estimate of drug-likeness (QED) is 0.210. The van der Waals surface area contributed by atoms with Gasteiger partial charge in [-0.1, -0.05) is 0 Å². The maximum absolute atomic E-state index is 10.5. The largest absolute Gasteiger partial charge is 1.00 e. The van der Waals surface area contributed by atoms with Gasteiger partial charge in [-0.15, -0.1) is 0 Å². The van der Waals surface area contributed by atoms with Crippen LogP contribution in [0, 0.1) is 0 Å². The fraction of sp³-hybridized carbons (Fsp3) is 0.333. The first kappa shape index (κ1) is 16.5. The summed E-state index contributed by atoms with van der Waals surface area (Å²) in [5.74, 6) is -7.31. The number of esters is 2. The molecule has 1 atom stereocenters. The van der Waals surface area contributed by atoms with Crippen LogP contribution in [-0.2, 0) is 23.9 Å². The van der Waals surface area contributed by atoms with E-state index in [1.807, 2.05) is 0 Å². The van der Waals surface area contributed by atoms with Crippen molar-refractivity contribution in [3.63, 3.8) is 0 Å². The number of hydrogen-bond donors (Lipinski definition) is 2. The second-order valence-electron chi connectivity index (χ2n) is 2.11. The average Bonchev–Trinajstić information content (AvgIpc) is 2.02. The first-order chi connectivity index (χ1) is 6.34. The Hall–Kier alpha value is -0.960. The number of carbonyl (C=O) groups is 4. The Morgan fingerprint density at radius 1 is 1.27 bits per heavy atom. The van der Waals surface area contributed by atoms with E-state index in [4.69, 9.17) is 10.2 Å². The predicted molar refractivity (Wildman–Crippen MR) is 34.4 cm³/mol. The van der Waals surface area contributed by atoms with E-state index in [0.717, 1.165) is 0 Å². The van der Waals surface area contributed by atoms with E-state index in [1.165, 1.54) is 0 Å². The Bertz CT molecular complexity index is 285. The second-order valence-corrected chi connectivity index (χ2v) is 2.11. The number of ether oxygens (including phenoxy) is 1. The van der Waals surface area contributed by atoms with E-state index in [0.29, 0.717) is 0 Å². The van der Waals surface area contributed by atoms with Gasteiger partial charge in [0, 0.05) is 12.4 Å². The molecule has 0 aliphatic rings. The van der Waals surface area contributed by atoms with E-state index < -0.39 is 36.4 Å². The summed E-state index contributed by atoms with van der Waals surface area (Å²) < 4.78 is 3.56. The normalized spacial score (nSPS) is 10.7. The maximum atomic E-state index is 10.5. The monoisotopic (exact) mass is 228 g/mol. The summed E-state index contributed by atoms with van der Waals surface area (Å²) in [4.78, 5) is 40.5. The van der Waals surface area contributed by atoms with Gasteiger partial charge in [-0.05, 0) is 0 Å². The summed E-state index contributed by atoms with van der Waals surface area (Å²) in [6.07, 6.45) is -3.20. The summed E-state index contributed by atoms with van der Waals surface area (Å²) in [6.45, 7) is 0. The third-order valence-corrected chi connectivity index (χ3v) is 1.00. The first-order valence-electron chi connectivity index (χ1n) is 3.21. The molecule has 0 saturated heterocycles. The van der Waals surface area contributed by atoms with Crippen molar-refractivity contribution < 1.29 is 68.8 Å². The molecule has 0 aromatic carbocycles. The molecule has 0 aliphatic heterocycles. The van der Waals surface area contributed by atoms with Crippen LogP contribution in [0.1, 0.15) is 6.42 Å². The van der Waals surface area contributed by atoms with Crippen molar-refractivity contribution >= 4 is 23.9 Å². The molecule has 0 rings (SSSR count). The van der Waals surface area contributed by atoms with E-state index in [-0.39, 0.29) is 29.6 Å². The first-order valence-corrected chi connectivity index (χ1v) is 3.21. The summed E-state index contributed by atoms with van der Waals surface area (Å²) in [5.41, 5.74) is 0. The topological polar surface area (TPSA) is 141 Å². The fourth-order valence-electron chi connectivity index (χ4n) is 0.444. The van der Waals surface area contributed by atoms with Crippen molar-refractivity contribution in [1.82, 2.24) is 0 Å². The molecule has 0 heterocycles. The van der Waals surface area contributed by atoms with Gasteiger partial charge in [0.1, 0.15) is 0 Å². The molecule has 0 aromatic rings. The number of hydrogen-bond acceptors (Lipinski definition) is 7. The number of rotatable bonds is 3. The number of carboxylic acids is 2. The van der Waals surface area contributed by atoms with Crippen molar-refractivity contribution in [2.24, 2.45) is 0 Å². The molecular formula is C6H5NaO8. The zero-order valence-corrected chi connectivity index (χ0v) is 9.63. The van der Waals surface area contributed by atoms with Crippen molar-refractivity contribution in [3.8, 4) is 0 Å². The van der Waals surface area contributed by atoms with Crippen LogP contribution < -0.4 is 34.7 Å². The van der Waals surface area contributed by atoms with Crippen molar-refractivity contribution in [2.75, 3.05) is 0 Å². The molecule has 0 spiro atoms. The smallest absolute Gasteiger partial charge is 0.550 e. The van der Waals surface area contributed by atoms with Gasteiger partial charge in [-0.3, -0.25) is 0 Å². The minimum Gasteiger partial charge on any atom is -0.550 e. The fourth-order valence-corrected chi connectivity index (χ4v) is 0.444. The van der Waals surface area contributed by atoms with Gasteiger partial charge in [0.25, 0.3) is 0 Å². The Labute approximate surface area is 105 Å². The molecule has 0 bridgehead atoms. The van der Waals surface area contributed by atoms with Gasteiger partial charge >= 0.3 is 47.5 Å². The minimum atomic E-state index is -2.12. The third-order valence-electron chi connectivity index (χ3n) is 1.00. The number of aliphatic carboxylic acids is 2. The maximum Gasteiger partial charge on any atom is 1.00 e. The van der Waals surface area contributed by atoms with Gasteiger partial charge in [-0.2, -0.15) is 0 Å². The average molecular weight is 228 g/mol. The third kappa shape index (κ3) is 7.03. The molecule has 0 fully saturated rings. The molecule has 0 amide bonds. The Morgan fingerprint density at radius 3 is 2.07 bits per heavy atom. The van der Waals surface area contributed by atoms with Crippen molar-refractivity contribution in [1.29, 1.82) is 0 Å². The molecule has 1 unspecified atom stereocenters. The standard InChI is InChI=1S/C6H6O8.Na/c7-2(1-3(8)9)5(12)14-6(13)4(10)11;/h2,7H,1H2,(H,8,9)(H,10,11);/q;+1/p-1. The SMILES string of the molecule is O=C([O-])CC(O)C(=O)OC(=O)C(=O)O.[Na+]. The summed E-state index contributed by atoms with van der Waals surface area (Å²) in [5, 5.41) is 26.5. The minimum absolute atomic E-state index is 0. The van der Waals surface area contributed by atoms with Gasteiger partial charge in [-0.25, -0.2) is 14.4 Å². The molecule has 0 aromatic heterocycles. The van der Waals surface area contributed by atoms with E-state index in [9.17, 15) is 24.3 Å². The van der Waals surface area contributed by atoms with Crippen LogP contribution in [0.4, 0.5) is 0 Å². The van der Waals surface area contributed by atoms with E-state index >= 15 is 0 Å². The summed E-state index contributed by atoms with van der Waals surface area (Å²) in [6, 6.07) is 0. The number of carbonyl (C=O) groups excluding carboxylic acids is 3. The zero-order valence-electron chi connectivity index (χ0n) is 7.63. The molecule has 15 heavy (non-hydrogen) atoms. The van der Waals surface area contributed by atoms with Crippen LogP contribution in [-0.4, -0.2) is 40.2 Å². The Kier molecular flexibility index (Phi) is 8.07. The van der Waals surface area contributed by atoms with E-state index in [2.05, 4.69) is 4.74 Å². The van der Waals surface area contributed by atoms with Crippen molar-refractivity contribution in [2.45, 2.75) is 12.5 Å². The van der Waals surface area contributed by atoms with Crippen molar-refractivity contribution in [3.05, 3.63) is 0 Å². The van der Waals surface area contributed by atoms with Gasteiger partial charge in [0.15, 0.2) is 6.10 Å². The predicted octanol–water partition coefficient (Wildman–Crippen LogP) is -6.35. The van der Waals surface area contributed by atoms with Gasteiger partial charge in [0.2, 0.25) is 0 Å². The molecular weight excluding hydrogens is 223 g/mol. The molecule has 9 heteroatoms. The molecule has 8 nitrogen and oxygen atoms in total. The second kappa shape index (κ2) is 7.35. The zero-order chi connectivity index (χ0) is 11.3. The summed E-state index contributed by atoms with van der Waals surface area (Å²) in [7, 11) is 0. The van der Waals surface area contributed by atoms with E-state index in [1.54, 1.807) is 0 Å². The Morgan fingerprint density at radius 2 is 1.73 bits per heavy atom. The molecule has 0 radical (unpaired) electrons. The number of aliphatic hydroxyl groups excluding tert-OH is 1. The molecule has 78 valence electrons. The van der Waals surface area contributed by atoms with Gasteiger partial charge < -0.3 is 24.9 Å². The summed E-state index contributed by atoms with van der Waals surface area (Å²) >= 11 is 0. The van der Waals surface area contributed by atoms with Crippen LogP contribution in [0.15, 0.2) is 0 Å². The Balaban J connectivity index is 0. The molecule has 2 N–H and O–H groups in total. The van der Waals surface area contributed by atoms with Crippen LogP contribution in [0.25, 0.3) is 0 Å². The van der Waals surface area contributed by atoms with Crippen LogP contribution >= 0.6 is 0 Å².